The molecule has 10 nitrogen and oxygen atoms in total. The zero-order valence-electron chi connectivity index (χ0n) is 23.5. The molecule has 1 aromatic carbocycles. The van der Waals surface area contributed by atoms with Gasteiger partial charge >= 0.3 is 0 Å². The van der Waals surface area contributed by atoms with Crippen molar-refractivity contribution >= 4 is 49.9 Å². The van der Waals surface area contributed by atoms with E-state index in [4.69, 9.17) is 14.5 Å². The second-order valence-electron chi connectivity index (χ2n) is 11.5. The number of carbonyl (C=O) groups is 1. The fourth-order valence-corrected chi connectivity index (χ4v) is 7.76. The summed E-state index contributed by atoms with van der Waals surface area (Å²) in [4.78, 5) is 29.4. The number of amides is 1. The molecule has 7 rings (SSSR count). The number of ether oxygens (including phenoxy) is 2. The second-order valence-corrected chi connectivity index (χ2v) is 12.6. The van der Waals surface area contributed by atoms with Crippen molar-refractivity contribution in [3.63, 3.8) is 0 Å². The van der Waals surface area contributed by atoms with Crippen molar-refractivity contribution in [2.24, 2.45) is 5.92 Å². The Kier molecular flexibility index (Phi) is 7.49. The minimum atomic E-state index is 0.00360. The summed E-state index contributed by atoms with van der Waals surface area (Å²) in [7, 11) is 0. The highest BCUT2D eigenvalue weighted by molar-refractivity contribution is 7.19. The normalized spacial score (nSPS) is 21.7. The average Bonchev–Trinajstić information content (AvgIpc) is 3.61. The minimum absolute atomic E-state index is 0.00360. The molecule has 0 spiro atoms. The smallest absolute Gasteiger partial charge is 0.226 e. The van der Waals surface area contributed by atoms with Crippen LogP contribution in [0.2, 0.25) is 0 Å². The second kappa shape index (κ2) is 11.5. The first-order valence-corrected chi connectivity index (χ1v) is 15.7. The van der Waals surface area contributed by atoms with Crippen molar-refractivity contribution in [1.82, 2.24) is 30.0 Å². The molecule has 4 aromatic rings. The number of fused-ring (bicyclic) bond motifs is 4. The van der Waals surface area contributed by atoms with Gasteiger partial charge in [0.1, 0.15) is 29.3 Å². The highest BCUT2D eigenvalue weighted by atomic mass is 32.1. The van der Waals surface area contributed by atoms with Crippen molar-refractivity contribution in [1.29, 1.82) is 0 Å². The molecule has 2 saturated heterocycles. The summed E-state index contributed by atoms with van der Waals surface area (Å²) in [6.45, 7) is 7.83. The number of piperidine rings is 1. The maximum absolute atomic E-state index is 13.4. The number of aromatic amines is 1. The number of rotatable bonds is 7. The fraction of sp³-hybridized carbons (Fsp3) is 0.533. The highest BCUT2D eigenvalue weighted by Gasteiger charge is 2.34. The van der Waals surface area contributed by atoms with Gasteiger partial charge in [-0.05, 0) is 63.7 Å². The molecule has 41 heavy (non-hydrogen) atoms. The number of benzene rings is 1. The molecule has 2 aliphatic heterocycles. The lowest BCUT2D eigenvalue weighted by Gasteiger charge is -2.36. The molecule has 0 radical (unpaired) electrons. The molecule has 3 aliphatic rings. The number of hydrogen-bond acceptors (Lipinski definition) is 9. The number of likely N-dealkylation sites (tertiary alicyclic amines) is 1. The number of H-pyrrole nitrogens is 1. The summed E-state index contributed by atoms with van der Waals surface area (Å²) >= 11 is 1.69. The monoisotopic (exact) mass is 575 g/mol. The van der Waals surface area contributed by atoms with Crippen LogP contribution < -0.4 is 10.1 Å². The number of thiophene rings is 1. The number of aryl methyl sites for hydroxylation is 1. The minimum Gasteiger partial charge on any atom is -0.490 e. The molecule has 1 amide bonds. The molecule has 0 bridgehead atoms. The molecular weight excluding hydrogens is 538 g/mol. The van der Waals surface area contributed by atoms with E-state index in [0.717, 1.165) is 77.3 Å². The average molecular weight is 576 g/mol. The van der Waals surface area contributed by atoms with E-state index < -0.39 is 0 Å². The van der Waals surface area contributed by atoms with E-state index >= 15 is 0 Å². The van der Waals surface area contributed by atoms with Crippen LogP contribution in [0.4, 0.5) is 11.5 Å². The van der Waals surface area contributed by atoms with Gasteiger partial charge in [0.25, 0.3) is 0 Å². The number of nitrogens with one attached hydrogen (secondary N) is 2. The number of morpholine rings is 1. The van der Waals surface area contributed by atoms with E-state index in [1.165, 1.54) is 29.7 Å². The van der Waals surface area contributed by atoms with E-state index in [-0.39, 0.29) is 17.9 Å². The van der Waals surface area contributed by atoms with Crippen LogP contribution in [0.5, 0.6) is 5.75 Å². The molecule has 0 unspecified atom stereocenters. The summed E-state index contributed by atoms with van der Waals surface area (Å²) in [5.41, 5.74) is 3.07. The lowest BCUT2D eigenvalue weighted by atomic mass is 9.86. The van der Waals surface area contributed by atoms with Crippen LogP contribution in [0.3, 0.4) is 0 Å². The van der Waals surface area contributed by atoms with Crippen LogP contribution in [-0.2, 0) is 22.4 Å². The number of nitrogens with zero attached hydrogens (tertiary/aromatic N) is 5. The van der Waals surface area contributed by atoms with Gasteiger partial charge in [0.15, 0.2) is 0 Å². The van der Waals surface area contributed by atoms with Crippen molar-refractivity contribution < 1.29 is 14.3 Å². The van der Waals surface area contributed by atoms with E-state index in [9.17, 15) is 4.79 Å². The van der Waals surface area contributed by atoms with Crippen LogP contribution in [0.1, 0.15) is 43.0 Å². The van der Waals surface area contributed by atoms with Crippen LogP contribution in [-0.4, -0.2) is 87.9 Å². The molecule has 1 aliphatic carbocycles. The zero-order valence-corrected chi connectivity index (χ0v) is 24.3. The van der Waals surface area contributed by atoms with Gasteiger partial charge in [0, 0.05) is 35.3 Å². The van der Waals surface area contributed by atoms with Gasteiger partial charge in [0.2, 0.25) is 5.91 Å². The predicted molar refractivity (Wildman–Crippen MR) is 160 cm³/mol. The van der Waals surface area contributed by atoms with Crippen LogP contribution in [0.25, 0.3) is 21.1 Å². The van der Waals surface area contributed by atoms with Crippen LogP contribution in [0.15, 0.2) is 24.7 Å². The Bertz CT molecular complexity index is 1550. The Morgan fingerprint density at radius 2 is 2.12 bits per heavy atom. The van der Waals surface area contributed by atoms with E-state index in [2.05, 4.69) is 38.4 Å². The summed E-state index contributed by atoms with van der Waals surface area (Å²) in [5.74, 6) is 1.82. The van der Waals surface area contributed by atoms with E-state index in [1.54, 1.807) is 17.7 Å². The van der Waals surface area contributed by atoms with E-state index in [1.807, 2.05) is 17.2 Å². The van der Waals surface area contributed by atoms with E-state index in [0.29, 0.717) is 26.4 Å². The number of anilines is 2. The highest BCUT2D eigenvalue weighted by Crippen LogP contribution is 2.42. The van der Waals surface area contributed by atoms with Crippen molar-refractivity contribution in [2.45, 2.75) is 51.5 Å². The molecular formula is C30H37N7O3S. The summed E-state index contributed by atoms with van der Waals surface area (Å²) < 4.78 is 11.9. The molecule has 5 heterocycles. The lowest BCUT2D eigenvalue weighted by molar-refractivity contribution is -0.143. The van der Waals surface area contributed by atoms with Crippen LogP contribution in [0, 0.1) is 5.92 Å². The Hall–Kier alpha value is -3.28. The SMILES string of the molecule is C[C@H]1COCCN1C(=O)[C@H]1CCc2c(sc3ncnc(Nc4cc5cn[nH]c5cc4OCCN4CCCCC4)c23)C1. The Morgan fingerprint density at radius 1 is 1.22 bits per heavy atom. The van der Waals surface area contributed by atoms with Gasteiger partial charge in [-0.3, -0.25) is 14.8 Å². The third-order valence-corrected chi connectivity index (χ3v) is 9.91. The molecule has 2 fully saturated rings. The largest absolute Gasteiger partial charge is 0.490 e. The van der Waals surface area contributed by atoms with Gasteiger partial charge < -0.3 is 19.7 Å². The van der Waals surface area contributed by atoms with Gasteiger partial charge in [0.05, 0.1) is 42.0 Å². The Balaban J connectivity index is 1.14. The number of aromatic nitrogens is 4. The maximum Gasteiger partial charge on any atom is 0.226 e. The molecule has 216 valence electrons. The fourth-order valence-electron chi connectivity index (χ4n) is 6.49. The molecule has 0 saturated carbocycles. The predicted octanol–water partition coefficient (Wildman–Crippen LogP) is 4.53. The lowest BCUT2D eigenvalue weighted by Crippen LogP contribution is -2.50. The first kappa shape index (κ1) is 26.6. The quantitative estimate of drug-likeness (QED) is 0.331. The first-order chi connectivity index (χ1) is 20.1. The number of hydrogen-bond donors (Lipinski definition) is 2. The van der Waals surface area contributed by atoms with Crippen molar-refractivity contribution in [2.75, 3.05) is 51.3 Å². The van der Waals surface area contributed by atoms with Gasteiger partial charge in [-0.15, -0.1) is 11.3 Å². The molecule has 2 N–H and O–H groups in total. The third-order valence-electron chi connectivity index (χ3n) is 8.75. The third kappa shape index (κ3) is 5.38. The topological polar surface area (TPSA) is 108 Å². The summed E-state index contributed by atoms with van der Waals surface area (Å²) in [6.07, 6.45) is 9.74. The van der Waals surface area contributed by atoms with Crippen LogP contribution >= 0.6 is 11.3 Å². The van der Waals surface area contributed by atoms with Gasteiger partial charge in [-0.2, -0.15) is 5.10 Å². The van der Waals surface area contributed by atoms with Crippen molar-refractivity contribution in [3.8, 4) is 5.75 Å². The standard InChI is InChI=1S/C30H37N7O3S/c1-19-17-39-11-10-37(19)30(38)20-5-6-22-26(14-20)41-29-27(22)28(31-18-32-29)34-24-13-21-16-33-35-23(21)15-25(24)40-12-9-36-7-3-2-4-8-36/h13,15-16,18-20H,2-12,14,17H2,1H3,(H,33,35)(H,31,32,34)/t19-,20-/m0/s1. The number of carbonyl (C=O) groups excluding carboxylic acids is 1. The Morgan fingerprint density at radius 3 is 3.00 bits per heavy atom. The maximum atomic E-state index is 13.4. The van der Waals surface area contributed by atoms with Gasteiger partial charge in [-0.1, -0.05) is 6.42 Å². The van der Waals surface area contributed by atoms with Crippen molar-refractivity contribution in [3.05, 3.63) is 35.1 Å². The molecule has 2 atom stereocenters. The molecule has 11 heteroatoms. The first-order valence-electron chi connectivity index (χ1n) is 14.9. The summed E-state index contributed by atoms with van der Waals surface area (Å²) in [5, 5.41) is 13.0. The van der Waals surface area contributed by atoms with Gasteiger partial charge in [-0.25, -0.2) is 9.97 Å². The Labute approximate surface area is 243 Å². The zero-order chi connectivity index (χ0) is 27.8. The summed E-state index contributed by atoms with van der Waals surface area (Å²) in [6, 6.07) is 4.22. The molecule has 3 aromatic heterocycles.